The van der Waals surface area contributed by atoms with E-state index in [2.05, 4.69) is 24.1 Å². The fourth-order valence-corrected chi connectivity index (χ4v) is 1.19. The molecular formula is C11H16N2O2. The Morgan fingerprint density at radius 1 is 1.53 bits per heavy atom. The molecule has 1 aromatic heterocycles. The van der Waals surface area contributed by atoms with Crippen LogP contribution in [0.15, 0.2) is 18.2 Å². The van der Waals surface area contributed by atoms with Gasteiger partial charge in [-0.3, -0.25) is 0 Å². The van der Waals surface area contributed by atoms with E-state index >= 15 is 0 Å². The Morgan fingerprint density at radius 3 is 2.87 bits per heavy atom. The normalized spacial score (nSPS) is 10.6. The molecule has 0 radical (unpaired) electrons. The van der Waals surface area contributed by atoms with Crippen LogP contribution in [0.5, 0.6) is 0 Å². The van der Waals surface area contributed by atoms with Gasteiger partial charge in [-0.15, -0.1) is 0 Å². The number of pyridine rings is 1. The van der Waals surface area contributed by atoms with E-state index in [1.54, 1.807) is 6.07 Å². The molecule has 4 nitrogen and oxygen atoms in total. The Labute approximate surface area is 89.3 Å². The van der Waals surface area contributed by atoms with Crippen molar-refractivity contribution in [3.8, 4) is 0 Å². The van der Waals surface area contributed by atoms with Gasteiger partial charge >= 0.3 is 5.97 Å². The quantitative estimate of drug-likeness (QED) is 0.770. The number of nitrogens with zero attached hydrogens (tertiary/aromatic N) is 1. The summed E-state index contributed by atoms with van der Waals surface area (Å²) >= 11 is 0. The number of aromatic carboxylic acids is 1. The second-order valence-corrected chi connectivity index (χ2v) is 3.84. The summed E-state index contributed by atoms with van der Waals surface area (Å²) in [5.41, 5.74) is 0.856. The average molecular weight is 208 g/mol. The van der Waals surface area contributed by atoms with Gasteiger partial charge in [0.05, 0.1) is 5.69 Å². The van der Waals surface area contributed by atoms with E-state index in [4.69, 9.17) is 5.11 Å². The number of hydrogen-bond donors (Lipinski definition) is 2. The van der Waals surface area contributed by atoms with E-state index < -0.39 is 5.97 Å². The van der Waals surface area contributed by atoms with Crippen LogP contribution in [-0.4, -0.2) is 22.6 Å². The van der Waals surface area contributed by atoms with Gasteiger partial charge in [0.1, 0.15) is 5.69 Å². The lowest BCUT2D eigenvalue weighted by atomic mass is 10.2. The molecule has 0 aromatic carbocycles. The molecule has 0 amide bonds. The topological polar surface area (TPSA) is 62.2 Å². The molecule has 0 atom stereocenters. The zero-order valence-corrected chi connectivity index (χ0v) is 9.03. The van der Waals surface area contributed by atoms with Crippen molar-refractivity contribution in [1.29, 1.82) is 0 Å². The Balaban J connectivity index is 2.54. The van der Waals surface area contributed by atoms with Crippen LogP contribution in [0.2, 0.25) is 0 Å². The summed E-state index contributed by atoms with van der Waals surface area (Å²) in [6.45, 7) is 5.75. The minimum absolute atomic E-state index is 0.0962. The van der Waals surface area contributed by atoms with Crippen LogP contribution in [-0.2, 0) is 6.54 Å². The van der Waals surface area contributed by atoms with Crippen LogP contribution >= 0.6 is 0 Å². The first-order chi connectivity index (χ1) is 7.09. The highest BCUT2D eigenvalue weighted by Crippen LogP contribution is 1.99. The van der Waals surface area contributed by atoms with Gasteiger partial charge in [-0.05, 0) is 24.6 Å². The predicted octanol–water partition coefficient (Wildman–Crippen LogP) is 1.53. The van der Waals surface area contributed by atoms with Crippen molar-refractivity contribution >= 4 is 5.97 Å². The van der Waals surface area contributed by atoms with Crippen LogP contribution < -0.4 is 5.32 Å². The molecule has 0 aliphatic carbocycles. The predicted molar refractivity (Wildman–Crippen MR) is 57.7 cm³/mol. The van der Waals surface area contributed by atoms with E-state index in [-0.39, 0.29) is 5.69 Å². The van der Waals surface area contributed by atoms with Crippen molar-refractivity contribution in [2.45, 2.75) is 20.4 Å². The summed E-state index contributed by atoms with van der Waals surface area (Å²) < 4.78 is 0. The van der Waals surface area contributed by atoms with Crippen molar-refractivity contribution in [3.05, 3.63) is 29.6 Å². The van der Waals surface area contributed by atoms with Gasteiger partial charge in [-0.25, -0.2) is 9.78 Å². The molecular weight excluding hydrogens is 192 g/mol. The highest BCUT2D eigenvalue weighted by molar-refractivity contribution is 5.85. The maximum atomic E-state index is 10.7. The van der Waals surface area contributed by atoms with E-state index in [1.807, 2.05) is 6.07 Å². The molecule has 0 saturated heterocycles. The van der Waals surface area contributed by atoms with E-state index in [0.29, 0.717) is 12.5 Å². The number of aromatic nitrogens is 1. The van der Waals surface area contributed by atoms with Gasteiger partial charge in [-0.2, -0.15) is 0 Å². The first-order valence-electron chi connectivity index (χ1n) is 4.99. The average Bonchev–Trinajstić information content (AvgIpc) is 2.17. The smallest absolute Gasteiger partial charge is 0.354 e. The second kappa shape index (κ2) is 5.46. The summed E-state index contributed by atoms with van der Waals surface area (Å²) in [4.78, 5) is 14.7. The molecule has 0 spiro atoms. The van der Waals surface area contributed by atoms with Gasteiger partial charge in [0, 0.05) is 6.54 Å². The first kappa shape index (κ1) is 11.7. The van der Waals surface area contributed by atoms with Gasteiger partial charge in [0.2, 0.25) is 0 Å². The molecule has 4 heteroatoms. The number of hydrogen-bond acceptors (Lipinski definition) is 3. The summed E-state index contributed by atoms with van der Waals surface area (Å²) in [7, 11) is 0. The number of carbonyl (C=O) groups is 1. The Bertz CT molecular complexity index is 337. The molecule has 2 N–H and O–H groups in total. The minimum Gasteiger partial charge on any atom is -0.477 e. The third-order valence-electron chi connectivity index (χ3n) is 1.88. The Hall–Kier alpha value is -1.42. The van der Waals surface area contributed by atoms with Gasteiger partial charge < -0.3 is 10.4 Å². The number of carboxylic acid groups (broad SMARTS) is 1. The zero-order chi connectivity index (χ0) is 11.3. The molecule has 15 heavy (non-hydrogen) atoms. The maximum Gasteiger partial charge on any atom is 0.354 e. The largest absolute Gasteiger partial charge is 0.477 e. The molecule has 82 valence electrons. The molecule has 0 saturated carbocycles. The highest BCUT2D eigenvalue weighted by atomic mass is 16.4. The fourth-order valence-electron chi connectivity index (χ4n) is 1.19. The minimum atomic E-state index is -0.985. The third kappa shape index (κ3) is 4.08. The third-order valence-corrected chi connectivity index (χ3v) is 1.88. The molecule has 0 aliphatic rings. The Kier molecular flexibility index (Phi) is 4.24. The summed E-state index contributed by atoms with van der Waals surface area (Å²) in [5, 5.41) is 12.0. The Morgan fingerprint density at radius 2 is 2.27 bits per heavy atom. The molecule has 0 fully saturated rings. The number of carboxylic acids is 1. The van der Waals surface area contributed by atoms with Crippen LogP contribution in [0.3, 0.4) is 0 Å². The summed E-state index contributed by atoms with van der Waals surface area (Å²) in [5.74, 6) is -0.409. The van der Waals surface area contributed by atoms with Crippen molar-refractivity contribution in [3.63, 3.8) is 0 Å². The molecule has 0 aliphatic heterocycles. The van der Waals surface area contributed by atoms with Gasteiger partial charge in [-0.1, -0.05) is 19.9 Å². The second-order valence-electron chi connectivity index (χ2n) is 3.84. The van der Waals surface area contributed by atoms with Crippen LogP contribution in [0.25, 0.3) is 0 Å². The molecule has 1 rings (SSSR count). The van der Waals surface area contributed by atoms with E-state index in [1.165, 1.54) is 6.07 Å². The van der Waals surface area contributed by atoms with E-state index in [0.717, 1.165) is 12.2 Å². The van der Waals surface area contributed by atoms with Gasteiger partial charge in [0.25, 0.3) is 0 Å². The van der Waals surface area contributed by atoms with Crippen molar-refractivity contribution < 1.29 is 9.90 Å². The lowest BCUT2D eigenvalue weighted by Gasteiger charge is -2.06. The first-order valence-corrected chi connectivity index (χ1v) is 4.99. The highest BCUT2D eigenvalue weighted by Gasteiger charge is 2.04. The molecule has 0 unspecified atom stereocenters. The van der Waals surface area contributed by atoms with Crippen LogP contribution in [0, 0.1) is 5.92 Å². The zero-order valence-electron chi connectivity index (χ0n) is 9.03. The number of nitrogens with one attached hydrogen (secondary N) is 1. The summed E-state index contributed by atoms with van der Waals surface area (Å²) in [6.07, 6.45) is 0. The van der Waals surface area contributed by atoms with Crippen LogP contribution in [0.4, 0.5) is 0 Å². The van der Waals surface area contributed by atoms with E-state index in [9.17, 15) is 4.79 Å². The van der Waals surface area contributed by atoms with Crippen LogP contribution in [0.1, 0.15) is 30.0 Å². The lowest BCUT2D eigenvalue weighted by molar-refractivity contribution is 0.0690. The standard InChI is InChI=1S/C11H16N2O2/c1-8(2)6-12-7-9-4-3-5-10(13-9)11(14)15/h3-5,8,12H,6-7H2,1-2H3,(H,14,15). The van der Waals surface area contributed by atoms with Crippen molar-refractivity contribution in [2.75, 3.05) is 6.54 Å². The molecule has 1 heterocycles. The monoisotopic (exact) mass is 208 g/mol. The summed E-state index contributed by atoms with van der Waals surface area (Å²) in [6, 6.07) is 5.02. The maximum absolute atomic E-state index is 10.7. The molecule has 0 bridgehead atoms. The molecule has 1 aromatic rings. The number of rotatable bonds is 5. The SMILES string of the molecule is CC(C)CNCc1cccc(C(=O)O)n1. The fraction of sp³-hybridized carbons (Fsp3) is 0.455. The van der Waals surface area contributed by atoms with Crippen molar-refractivity contribution in [1.82, 2.24) is 10.3 Å². The van der Waals surface area contributed by atoms with Crippen molar-refractivity contribution in [2.24, 2.45) is 5.92 Å². The van der Waals surface area contributed by atoms with Gasteiger partial charge in [0.15, 0.2) is 0 Å². The lowest BCUT2D eigenvalue weighted by Crippen LogP contribution is -2.20.